The number of nitrogens with one attached hydrogen (secondary N) is 2. The number of fused-ring (bicyclic) bond motifs is 3. The highest BCUT2D eigenvalue weighted by Crippen LogP contribution is 2.43. The van der Waals surface area contributed by atoms with Crippen LogP contribution in [0.5, 0.6) is 0 Å². The first-order chi connectivity index (χ1) is 18.1. The highest BCUT2D eigenvalue weighted by molar-refractivity contribution is 5.94. The monoisotopic (exact) mass is 514 g/mol. The molecule has 8 heteroatoms. The summed E-state index contributed by atoms with van der Waals surface area (Å²) in [6, 6.07) is 14.9. The summed E-state index contributed by atoms with van der Waals surface area (Å²) in [4.78, 5) is 39.6. The van der Waals surface area contributed by atoms with Crippen LogP contribution in [0.1, 0.15) is 57.6 Å². The van der Waals surface area contributed by atoms with Crippen LogP contribution in [0, 0.1) is 17.2 Å². The van der Waals surface area contributed by atoms with Crippen LogP contribution in [0.4, 0.5) is 10.5 Å². The predicted molar refractivity (Wildman–Crippen MR) is 143 cm³/mol. The number of likely N-dealkylation sites (tertiary alicyclic amines) is 1. The number of carbonyl (C=O) groups excluding carboxylic acids is 3. The first kappa shape index (κ1) is 25.8. The van der Waals surface area contributed by atoms with Crippen LogP contribution >= 0.6 is 0 Å². The topological polar surface area (TPSA) is 112 Å². The van der Waals surface area contributed by atoms with E-state index in [0.717, 1.165) is 53.6 Å². The maximum atomic E-state index is 13.3. The Kier molecular flexibility index (Phi) is 6.87. The summed E-state index contributed by atoms with van der Waals surface area (Å²) >= 11 is 0. The van der Waals surface area contributed by atoms with Crippen LogP contribution in [0.15, 0.2) is 42.5 Å². The number of benzene rings is 2. The third kappa shape index (κ3) is 5.38. The molecule has 2 aliphatic heterocycles. The Hall–Kier alpha value is -3.86. The van der Waals surface area contributed by atoms with Gasteiger partial charge in [0.1, 0.15) is 17.7 Å². The summed E-state index contributed by atoms with van der Waals surface area (Å²) in [5, 5.41) is 15.6. The van der Waals surface area contributed by atoms with Gasteiger partial charge in [0.05, 0.1) is 6.07 Å². The first-order valence-corrected chi connectivity index (χ1v) is 13.3. The maximum Gasteiger partial charge on any atom is 0.411 e. The molecule has 3 amide bonds. The molecule has 2 fully saturated rings. The molecule has 198 valence electrons. The zero-order chi connectivity index (χ0) is 27.0. The van der Waals surface area contributed by atoms with Crippen LogP contribution < -0.4 is 10.6 Å². The second-order valence-electron chi connectivity index (χ2n) is 11.6. The second kappa shape index (κ2) is 10.1. The number of rotatable bonds is 5. The van der Waals surface area contributed by atoms with Gasteiger partial charge >= 0.3 is 6.09 Å². The largest absolute Gasteiger partial charge is 0.444 e. The Morgan fingerprint density at radius 2 is 1.87 bits per heavy atom. The van der Waals surface area contributed by atoms with Gasteiger partial charge in [-0.05, 0) is 80.7 Å². The van der Waals surface area contributed by atoms with Gasteiger partial charge in [-0.2, -0.15) is 5.26 Å². The van der Waals surface area contributed by atoms with E-state index in [0.29, 0.717) is 12.8 Å². The van der Waals surface area contributed by atoms with E-state index >= 15 is 0 Å². The van der Waals surface area contributed by atoms with Crippen LogP contribution in [0.2, 0.25) is 0 Å². The van der Waals surface area contributed by atoms with Gasteiger partial charge in [-0.1, -0.05) is 36.4 Å². The molecule has 5 rings (SSSR count). The quantitative estimate of drug-likeness (QED) is 0.607. The Morgan fingerprint density at radius 1 is 1.13 bits per heavy atom. The summed E-state index contributed by atoms with van der Waals surface area (Å²) in [7, 11) is 0. The van der Waals surface area contributed by atoms with Gasteiger partial charge in [-0.15, -0.1) is 0 Å². The number of amides is 3. The van der Waals surface area contributed by atoms with E-state index < -0.39 is 23.8 Å². The van der Waals surface area contributed by atoms with Gasteiger partial charge in [0.2, 0.25) is 11.8 Å². The molecule has 2 aromatic rings. The van der Waals surface area contributed by atoms with Crippen molar-refractivity contribution in [2.45, 2.75) is 83.0 Å². The summed E-state index contributed by atoms with van der Waals surface area (Å²) in [5.41, 5.74) is 4.28. The standard InChI is InChI=1S/C30H34N4O4/c1-30(2,3)38-29(37)34-24-12-10-22(15-24)27(34)28(36)32-23(17-31)14-18-4-6-19(7-5-18)21-9-8-20-11-13-26(35)33-25(20)16-21/h4-9,16,22-24,27H,10-15H2,1-3H3,(H,32,36)(H,33,35)/t22-,23-,24+,27-/m0/s1. The molecular formula is C30H34N4O4. The second-order valence-corrected chi connectivity index (χ2v) is 11.6. The molecule has 0 spiro atoms. The van der Waals surface area contributed by atoms with Crippen LogP contribution in [0.25, 0.3) is 11.1 Å². The summed E-state index contributed by atoms with van der Waals surface area (Å²) in [6.45, 7) is 5.44. The van der Waals surface area contributed by atoms with Gasteiger partial charge in [0, 0.05) is 24.6 Å². The summed E-state index contributed by atoms with van der Waals surface area (Å²) in [5.74, 6) is -0.163. The molecule has 0 aromatic heterocycles. The molecule has 0 radical (unpaired) electrons. The zero-order valence-corrected chi connectivity index (χ0v) is 22.1. The Balaban J connectivity index is 1.24. The zero-order valence-electron chi connectivity index (χ0n) is 22.1. The minimum Gasteiger partial charge on any atom is -0.444 e. The van der Waals surface area contributed by atoms with Crippen molar-refractivity contribution in [3.8, 4) is 17.2 Å². The molecule has 38 heavy (non-hydrogen) atoms. The predicted octanol–water partition coefficient (Wildman–Crippen LogP) is 4.58. The summed E-state index contributed by atoms with van der Waals surface area (Å²) < 4.78 is 5.59. The minimum atomic E-state index is -0.716. The number of hydrogen-bond donors (Lipinski definition) is 2. The third-order valence-corrected chi connectivity index (χ3v) is 7.66. The van der Waals surface area contributed by atoms with Gasteiger partial charge < -0.3 is 15.4 Å². The van der Waals surface area contributed by atoms with E-state index in [4.69, 9.17) is 4.74 Å². The molecule has 4 atom stereocenters. The smallest absolute Gasteiger partial charge is 0.411 e. The van der Waals surface area contributed by atoms with Crippen LogP contribution in [0.3, 0.4) is 0 Å². The Morgan fingerprint density at radius 3 is 2.58 bits per heavy atom. The molecule has 2 heterocycles. The lowest BCUT2D eigenvalue weighted by Gasteiger charge is -2.35. The van der Waals surface area contributed by atoms with Crippen molar-refractivity contribution in [3.63, 3.8) is 0 Å². The molecule has 1 aliphatic carbocycles. The lowest BCUT2D eigenvalue weighted by Crippen LogP contribution is -2.55. The molecule has 8 nitrogen and oxygen atoms in total. The number of nitriles is 1. The van der Waals surface area contributed by atoms with Crippen molar-refractivity contribution < 1.29 is 19.1 Å². The fourth-order valence-electron chi connectivity index (χ4n) is 5.91. The Labute approximate surface area is 223 Å². The SMILES string of the molecule is CC(C)(C)OC(=O)N1[C@@H]2CC[C@@H](C2)[C@H]1C(=O)N[C@H](C#N)Cc1ccc(-c2ccc3c(c2)NC(=O)CC3)cc1. The van der Waals surface area contributed by atoms with Crippen molar-refractivity contribution in [1.82, 2.24) is 10.2 Å². The van der Waals surface area contributed by atoms with E-state index in [9.17, 15) is 19.6 Å². The molecule has 0 unspecified atom stereocenters. The van der Waals surface area contributed by atoms with E-state index in [1.54, 1.807) is 4.90 Å². The highest BCUT2D eigenvalue weighted by Gasteiger charge is 2.52. The van der Waals surface area contributed by atoms with E-state index in [1.165, 1.54) is 0 Å². The van der Waals surface area contributed by atoms with E-state index in [-0.39, 0.29) is 23.8 Å². The number of carbonyl (C=O) groups is 3. The van der Waals surface area contributed by atoms with Crippen LogP contribution in [-0.2, 0) is 27.2 Å². The average Bonchev–Trinajstić information content (AvgIpc) is 3.49. The third-order valence-electron chi connectivity index (χ3n) is 7.66. The van der Waals surface area contributed by atoms with Gasteiger partial charge in [-0.3, -0.25) is 14.5 Å². The number of ether oxygens (including phenoxy) is 1. The normalized spacial score (nSPS) is 22.7. The van der Waals surface area contributed by atoms with Crippen molar-refractivity contribution in [3.05, 3.63) is 53.6 Å². The molecule has 2 N–H and O–H groups in total. The van der Waals surface area contributed by atoms with Gasteiger partial charge in [0.25, 0.3) is 0 Å². The maximum absolute atomic E-state index is 13.3. The lowest BCUT2D eigenvalue weighted by atomic mass is 9.96. The van der Waals surface area contributed by atoms with E-state index in [1.807, 2.05) is 51.1 Å². The Bertz CT molecular complexity index is 1290. The summed E-state index contributed by atoms with van der Waals surface area (Å²) in [6.07, 6.45) is 3.72. The fourth-order valence-corrected chi connectivity index (χ4v) is 5.91. The fraction of sp³-hybridized carbons (Fsp3) is 0.467. The van der Waals surface area contributed by atoms with Crippen molar-refractivity contribution in [2.24, 2.45) is 5.92 Å². The van der Waals surface area contributed by atoms with Crippen LogP contribution in [-0.4, -0.2) is 46.5 Å². The number of aryl methyl sites for hydroxylation is 1. The van der Waals surface area contributed by atoms with Crippen molar-refractivity contribution >= 4 is 23.6 Å². The average molecular weight is 515 g/mol. The number of hydrogen-bond acceptors (Lipinski definition) is 5. The van der Waals surface area contributed by atoms with Crippen molar-refractivity contribution in [1.29, 1.82) is 5.26 Å². The molecule has 2 bridgehead atoms. The lowest BCUT2D eigenvalue weighted by molar-refractivity contribution is -0.128. The highest BCUT2D eigenvalue weighted by atomic mass is 16.6. The minimum absolute atomic E-state index is 0.00981. The number of anilines is 1. The van der Waals surface area contributed by atoms with Gasteiger partial charge in [-0.25, -0.2) is 4.79 Å². The van der Waals surface area contributed by atoms with Crippen molar-refractivity contribution in [2.75, 3.05) is 5.32 Å². The molecule has 1 saturated carbocycles. The molecular weight excluding hydrogens is 480 g/mol. The molecule has 1 saturated heterocycles. The molecule has 2 aromatic carbocycles. The first-order valence-electron chi connectivity index (χ1n) is 13.3. The molecule has 3 aliphatic rings. The van der Waals surface area contributed by atoms with E-state index in [2.05, 4.69) is 28.8 Å². The number of piperidine rings is 1. The van der Waals surface area contributed by atoms with Gasteiger partial charge in [0.15, 0.2) is 0 Å². The number of nitrogens with zero attached hydrogens (tertiary/aromatic N) is 2.